The highest BCUT2D eigenvalue weighted by atomic mass is 127. The van der Waals surface area contributed by atoms with E-state index in [1.54, 1.807) is 12.1 Å². The van der Waals surface area contributed by atoms with Gasteiger partial charge in [-0.2, -0.15) is 0 Å². The maximum atomic E-state index is 12.5. The molecule has 0 aliphatic rings. The molecule has 0 saturated carbocycles. The third kappa shape index (κ3) is 2.03. The lowest BCUT2D eigenvalue weighted by atomic mass is 10.4. The van der Waals surface area contributed by atoms with Crippen molar-refractivity contribution in [3.8, 4) is 0 Å². The highest BCUT2D eigenvalue weighted by Gasteiger charge is 1.95. The summed E-state index contributed by atoms with van der Waals surface area (Å²) >= 11 is 4.12. The van der Waals surface area contributed by atoms with Crippen LogP contribution in [0, 0.1) is 13.0 Å². The van der Waals surface area contributed by atoms with Crippen molar-refractivity contribution in [1.29, 1.82) is 0 Å². The zero-order valence-electron chi connectivity index (χ0n) is 4.37. The van der Waals surface area contributed by atoms with Crippen molar-refractivity contribution in [2.75, 3.05) is 0 Å². The highest BCUT2D eigenvalue weighted by molar-refractivity contribution is 14.1. The van der Waals surface area contributed by atoms with Crippen LogP contribution in [0.15, 0.2) is 18.2 Å². The summed E-state index contributed by atoms with van der Waals surface area (Å²) in [4.78, 5) is 0. The van der Waals surface area contributed by atoms with Gasteiger partial charge in [-0.15, -0.1) is 0 Å². The molecule has 0 saturated heterocycles. The second-order valence-corrected chi connectivity index (χ2v) is 3.97. The Kier molecular flexibility index (Phi) is 2.69. The van der Waals surface area contributed by atoms with Crippen LogP contribution in [-0.2, 0) is 0 Å². The third-order valence-electron chi connectivity index (χ3n) is 0.882. The van der Waals surface area contributed by atoms with Gasteiger partial charge in [-0.25, -0.2) is 4.39 Å². The minimum absolute atomic E-state index is 0.143. The molecule has 0 aliphatic carbocycles. The third-order valence-corrected chi connectivity index (χ3v) is 2.38. The van der Waals surface area contributed by atoms with E-state index in [9.17, 15) is 4.39 Å². The first-order chi connectivity index (χ1) is 4.20. The van der Waals surface area contributed by atoms with E-state index >= 15 is 0 Å². The molecule has 48 valence electrons. The standard InChI is InChI=1S/C6H3FI2/c7-5-2-1-4(8)3-6(5)9/h1-3H. The lowest BCUT2D eigenvalue weighted by Crippen LogP contribution is -1.80. The van der Waals surface area contributed by atoms with E-state index < -0.39 is 0 Å². The SMILES string of the molecule is Fc1ccc(I)cc1I. The largest absolute Gasteiger partial charge is 0.206 e. The number of hydrogen-bond acceptors (Lipinski definition) is 0. The highest BCUT2D eigenvalue weighted by Crippen LogP contribution is 2.13. The summed E-state index contributed by atoms with van der Waals surface area (Å²) in [5.74, 6) is -0.143. The molecule has 0 nitrogen and oxygen atoms in total. The predicted molar refractivity (Wildman–Crippen MR) is 51.8 cm³/mol. The van der Waals surface area contributed by atoms with Crippen LogP contribution in [0.2, 0.25) is 0 Å². The van der Waals surface area contributed by atoms with Crippen molar-refractivity contribution < 1.29 is 4.39 Å². The molecule has 0 aliphatic heterocycles. The fourth-order valence-electron chi connectivity index (χ4n) is 0.470. The Hall–Kier alpha value is 0.610. The monoisotopic (exact) mass is 348 g/mol. The molecule has 0 heterocycles. The van der Waals surface area contributed by atoms with Crippen LogP contribution < -0.4 is 0 Å². The van der Waals surface area contributed by atoms with Crippen LogP contribution >= 0.6 is 45.2 Å². The number of halogens is 3. The summed E-state index contributed by atoms with van der Waals surface area (Å²) < 4.78 is 14.2. The normalized spacial score (nSPS) is 9.67. The minimum Gasteiger partial charge on any atom is -0.206 e. The maximum Gasteiger partial charge on any atom is 0.136 e. The Morgan fingerprint density at radius 3 is 2.33 bits per heavy atom. The van der Waals surface area contributed by atoms with E-state index in [2.05, 4.69) is 22.6 Å². The zero-order valence-corrected chi connectivity index (χ0v) is 8.68. The van der Waals surface area contributed by atoms with Crippen molar-refractivity contribution in [3.63, 3.8) is 0 Å². The van der Waals surface area contributed by atoms with Crippen molar-refractivity contribution in [3.05, 3.63) is 31.2 Å². The van der Waals surface area contributed by atoms with Gasteiger partial charge in [-0.05, 0) is 63.4 Å². The summed E-state index contributed by atoms with van der Waals surface area (Å²) in [7, 11) is 0. The number of benzene rings is 1. The van der Waals surface area contributed by atoms with Crippen LogP contribution in [0.5, 0.6) is 0 Å². The number of hydrogen-bond donors (Lipinski definition) is 0. The van der Waals surface area contributed by atoms with Crippen molar-refractivity contribution in [2.45, 2.75) is 0 Å². The molecule has 0 bridgehead atoms. The predicted octanol–water partition coefficient (Wildman–Crippen LogP) is 3.03. The molecular weight excluding hydrogens is 345 g/mol. The van der Waals surface area contributed by atoms with Gasteiger partial charge in [-0.3, -0.25) is 0 Å². The van der Waals surface area contributed by atoms with Crippen LogP contribution in [0.3, 0.4) is 0 Å². The molecule has 0 spiro atoms. The summed E-state index contributed by atoms with van der Waals surface area (Å²) in [6.45, 7) is 0. The lowest BCUT2D eigenvalue weighted by Gasteiger charge is -1.92. The van der Waals surface area contributed by atoms with E-state index in [-0.39, 0.29) is 5.82 Å². The average Bonchev–Trinajstić information content (AvgIpc) is 1.80. The first-order valence-electron chi connectivity index (χ1n) is 2.30. The molecule has 1 rings (SSSR count). The molecule has 3 heteroatoms. The van der Waals surface area contributed by atoms with Gasteiger partial charge in [-0.1, -0.05) is 0 Å². The lowest BCUT2D eigenvalue weighted by molar-refractivity contribution is 0.620. The molecule has 0 aromatic heterocycles. The van der Waals surface area contributed by atoms with E-state index in [0.29, 0.717) is 3.57 Å². The van der Waals surface area contributed by atoms with Crippen LogP contribution in [0.25, 0.3) is 0 Å². The summed E-state index contributed by atoms with van der Waals surface area (Å²) in [6.07, 6.45) is 0. The summed E-state index contributed by atoms with van der Waals surface area (Å²) in [6, 6.07) is 5.03. The van der Waals surface area contributed by atoms with E-state index in [1.807, 2.05) is 22.6 Å². The van der Waals surface area contributed by atoms with Gasteiger partial charge < -0.3 is 0 Å². The molecule has 9 heavy (non-hydrogen) atoms. The Balaban J connectivity index is 3.17. The molecule has 0 radical (unpaired) electrons. The first-order valence-corrected chi connectivity index (χ1v) is 4.46. The Morgan fingerprint density at radius 1 is 1.22 bits per heavy atom. The summed E-state index contributed by atoms with van der Waals surface area (Å²) in [5.41, 5.74) is 0. The smallest absolute Gasteiger partial charge is 0.136 e. The maximum absolute atomic E-state index is 12.5. The molecule has 0 atom stereocenters. The molecule has 1 aromatic rings. The quantitative estimate of drug-likeness (QED) is 0.500. The van der Waals surface area contributed by atoms with Crippen LogP contribution in [-0.4, -0.2) is 0 Å². The van der Waals surface area contributed by atoms with Crippen molar-refractivity contribution >= 4 is 45.2 Å². The van der Waals surface area contributed by atoms with Gasteiger partial charge >= 0.3 is 0 Å². The fraction of sp³-hybridized carbons (Fsp3) is 0. The first kappa shape index (κ1) is 7.71. The van der Waals surface area contributed by atoms with Gasteiger partial charge in [0.2, 0.25) is 0 Å². The molecule has 0 unspecified atom stereocenters. The van der Waals surface area contributed by atoms with E-state index in [1.165, 1.54) is 6.07 Å². The number of rotatable bonds is 0. The molecule has 1 aromatic carbocycles. The topological polar surface area (TPSA) is 0 Å². The Bertz CT molecular complexity index is 222. The molecule has 0 N–H and O–H groups in total. The van der Waals surface area contributed by atoms with Gasteiger partial charge in [0, 0.05) is 7.14 Å². The van der Waals surface area contributed by atoms with Gasteiger partial charge in [0.1, 0.15) is 5.82 Å². The van der Waals surface area contributed by atoms with E-state index in [0.717, 1.165) is 3.57 Å². The molecule has 0 fully saturated rings. The molecular formula is C6H3FI2. The van der Waals surface area contributed by atoms with Gasteiger partial charge in [0.15, 0.2) is 0 Å². The van der Waals surface area contributed by atoms with Crippen molar-refractivity contribution in [1.82, 2.24) is 0 Å². The Morgan fingerprint density at radius 2 is 1.89 bits per heavy atom. The average molecular weight is 348 g/mol. The second kappa shape index (κ2) is 3.14. The zero-order chi connectivity index (χ0) is 6.85. The van der Waals surface area contributed by atoms with Crippen LogP contribution in [0.4, 0.5) is 4.39 Å². The van der Waals surface area contributed by atoms with Crippen molar-refractivity contribution in [2.24, 2.45) is 0 Å². The summed E-state index contributed by atoms with van der Waals surface area (Å²) in [5, 5.41) is 0. The van der Waals surface area contributed by atoms with E-state index in [4.69, 9.17) is 0 Å². The molecule has 0 amide bonds. The van der Waals surface area contributed by atoms with Crippen LogP contribution in [0.1, 0.15) is 0 Å². The minimum atomic E-state index is -0.143. The second-order valence-electron chi connectivity index (χ2n) is 1.56. The fourth-order valence-corrected chi connectivity index (χ4v) is 2.07. The van der Waals surface area contributed by atoms with Gasteiger partial charge in [0.05, 0.1) is 0 Å². The van der Waals surface area contributed by atoms with Gasteiger partial charge in [0.25, 0.3) is 0 Å². The Labute approximate surface area is 80.1 Å².